The molecule has 0 fully saturated rings. The zero-order valence-corrected chi connectivity index (χ0v) is 21.8. The first-order chi connectivity index (χ1) is 15.3. The molecular weight excluding hydrogens is 477 g/mol. The maximum absolute atomic E-state index is 14.0. The minimum absolute atomic E-state index is 0.0631. The summed E-state index contributed by atoms with van der Waals surface area (Å²) in [5.74, 6) is 0.957. The summed E-state index contributed by atoms with van der Waals surface area (Å²) >= 11 is 14.0. The topological polar surface area (TPSA) is 40.8 Å². The molecule has 0 spiro atoms. The predicted molar refractivity (Wildman–Crippen MR) is 146 cm³/mol. The minimum Gasteiger partial charge on any atom is -0.364 e. The van der Waals surface area contributed by atoms with Crippen molar-refractivity contribution in [3.8, 4) is 11.3 Å². The molecule has 0 saturated carbocycles. The fourth-order valence-electron chi connectivity index (χ4n) is 3.05. The number of Topliss-reactive ketones (excluding diaryl/α,β-unsaturated/α-hetero) is 1. The lowest BCUT2D eigenvalue weighted by Crippen LogP contribution is -2.25. The van der Waals surface area contributed by atoms with E-state index in [1.54, 1.807) is 4.52 Å². The molecule has 3 rings (SSSR count). The van der Waals surface area contributed by atoms with E-state index in [0.29, 0.717) is 22.8 Å². The van der Waals surface area contributed by atoms with E-state index in [4.69, 9.17) is 29.5 Å². The van der Waals surface area contributed by atoms with Crippen LogP contribution in [-0.2, 0) is 0 Å². The highest BCUT2D eigenvalue weighted by atomic mass is 32.2. The van der Waals surface area contributed by atoms with Gasteiger partial charge in [-0.2, -0.15) is 5.10 Å². The second-order valence-corrected chi connectivity index (χ2v) is 10.9. The van der Waals surface area contributed by atoms with Crippen LogP contribution in [-0.4, -0.2) is 73.5 Å². The molecule has 0 aliphatic rings. The Labute approximate surface area is 208 Å². The van der Waals surface area contributed by atoms with Crippen LogP contribution in [0.25, 0.3) is 16.8 Å². The molecule has 9 heteroatoms. The Hall–Kier alpha value is -1.94. The van der Waals surface area contributed by atoms with Gasteiger partial charge >= 0.3 is 0 Å². The quantitative estimate of drug-likeness (QED) is 0.332. The van der Waals surface area contributed by atoms with Crippen molar-refractivity contribution in [1.29, 1.82) is 0 Å². The summed E-state index contributed by atoms with van der Waals surface area (Å²) in [5.41, 5.74) is 3.08. The largest absolute Gasteiger partial charge is 0.364 e. The number of thiocarbonyl (C=S) groups is 2. The number of thioether (sulfide) groups is 2. The fourth-order valence-corrected chi connectivity index (χ4v) is 5.35. The molecule has 0 unspecified atom stereocenters. The van der Waals surface area contributed by atoms with Crippen LogP contribution in [0.3, 0.4) is 0 Å². The van der Waals surface area contributed by atoms with Crippen molar-refractivity contribution >= 4 is 67.9 Å². The number of rotatable bonds is 7. The third kappa shape index (κ3) is 5.89. The number of pyridine rings is 1. The monoisotopic (exact) mass is 502 g/mol. The van der Waals surface area contributed by atoms with Gasteiger partial charge in [-0.3, -0.25) is 4.79 Å². The van der Waals surface area contributed by atoms with Gasteiger partial charge in [-0.15, -0.1) is 0 Å². The maximum atomic E-state index is 14.0. The van der Waals surface area contributed by atoms with E-state index in [9.17, 15) is 4.79 Å². The van der Waals surface area contributed by atoms with Crippen molar-refractivity contribution in [2.24, 2.45) is 5.92 Å². The summed E-state index contributed by atoms with van der Waals surface area (Å²) in [4.78, 5) is 17.8. The highest BCUT2D eigenvalue weighted by Gasteiger charge is 2.28. The molecule has 0 aliphatic carbocycles. The molecule has 2 aromatic heterocycles. The maximum Gasteiger partial charge on any atom is 0.172 e. The highest BCUT2D eigenvalue weighted by molar-refractivity contribution is 8.23. The first-order valence-electron chi connectivity index (χ1n) is 10.0. The van der Waals surface area contributed by atoms with Crippen LogP contribution in [0.5, 0.6) is 0 Å². The van der Waals surface area contributed by atoms with Crippen molar-refractivity contribution in [3.63, 3.8) is 0 Å². The van der Waals surface area contributed by atoms with Gasteiger partial charge in [0.05, 0.1) is 11.1 Å². The molecule has 0 saturated heterocycles. The van der Waals surface area contributed by atoms with Crippen LogP contribution in [0.4, 0.5) is 0 Å². The van der Waals surface area contributed by atoms with E-state index in [2.05, 4.69) is 0 Å². The standard InChI is InChI=1S/C23H26N4OS4/c1-25(2)22(29)31-14-17(15-32-23(30)26(3)4)21(28)19-18-12-8-9-13-27(18)24-20(19)16-10-6-5-7-11-16/h5-13,17H,14-15H2,1-4H3. The third-order valence-corrected chi connectivity index (χ3v) is 8.55. The summed E-state index contributed by atoms with van der Waals surface area (Å²) in [6.45, 7) is 0. The van der Waals surface area contributed by atoms with Gasteiger partial charge in [-0.05, 0) is 12.1 Å². The molecule has 5 nitrogen and oxygen atoms in total. The molecule has 2 heterocycles. The summed E-state index contributed by atoms with van der Waals surface area (Å²) in [6.07, 6.45) is 1.87. The molecule has 3 aromatic rings. The zero-order valence-electron chi connectivity index (χ0n) is 18.5. The number of aromatic nitrogens is 2. The van der Waals surface area contributed by atoms with Gasteiger partial charge in [-0.25, -0.2) is 4.52 Å². The van der Waals surface area contributed by atoms with Gasteiger partial charge in [-0.1, -0.05) is 84.4 Å². The number of ketones is 1. The molecule has 0 atom stereocenters. The van der Waals surface area contributed by atoms with E-state index in [0.717, 1.165) is 19.7 Å². The summed E-state index contributed by atoms with van der Waals surface area (Å²) in [6, 6.07) is 15.6. The van der Waals surface area contributed by atoms with E-state index >= 15 is 0 Å². The Balaban J connectivity index is 2.00. The van der Waals surface area contributed by atoms with Gasteiger partial charge < -0.3 is 9.80 Å². The lowest BCUT2D eigenvalue weighted by molar-refractivity contribution is 0.0946. The van der Waals surface area contributed by atoms with Gasteiger partial charge in [0.2, 0.25) is 0 Å². The average Bonchev–Trinajstić information content (AvgIpc) is 3.18. The number of hydrogen-bond donors (Lipinski definition) is 0. The second kappa shape index (κ2) is 11.3. The molecule has 0 radical (unpaired) electrons. The molecule has 32 heavy (non-hydrogen) atoms. The third-order valence-electron chi connectivity index (χ3n) is 4.75. The van der Waals surface area contributed by atoms with Gasteiger partial charge in [0.15, 0.2) is 5.78 Å². The predicted octanol–water partition coefficient (Wildman–Crippen LogP) is 4.96. The zero-order chi connectivity index (χ0) is 23.3. The van der Waals surface area contributed by atoms with Crippen molar-refractivity contribution in [3.05, 3.63) is 60.3 Å². The van der Waals surface area contributed by atoms with Crippen molar-refractivity contribution in [2.45, 2.75) is 0 Å². The Kier molecular flexibility index (Phi) is 8.70. The molecule has 1 aromatic carbocycles. The first-order valence-corrected chi connectivity index (χ1v) is 12.8. The molecule has 168 valence electrons. The van der Waals surface area contributed by atoms with Crippen LogP contribution in [0.1, 0.15) is 10.4 Å². The second-order valence-electron chi connectivity index (χ2n) is 7.62. The molecule has 0 N–H and O–H groups in total. The summed E-state index contributed by atoms with van der Waals surface area (Å²) in [5, 5.41) is 4.75. The van der Waals surface area contributed by atoms with Gasteiger partial charge in [0.1, 0.15) is 14.3 Å². The summed E-state index contributed by atoms with van der Waals surface area (Å²) in [7, 11) is 7.67. The van der Waals surface area contributed by atoms with E-state index in [1.807, 2.05) is 92.7 Å². The lowest BCUT2D eigenvalue weighted by atomic mass is 9.96. The fraction of sp³-hybridized carbons (Fsp3) is 0.304. The highest BCUT2D eigenvalue weighted by Crippen LogP contribution is 2.31. The number of carbonyl (C=O) groups excluding carboxylic acids is 1. The molecule has 0 aliphatic heterocycles. The van der Waals surface area contributed by atoms with Crippen LogP contribution in [0.15, 0.2) is 54.7 Å². The number of carbonyl (C=O) groups is 1. The normalized spacial score (nSPS) is 11.0. The lowest BCUT2D eigenvalue weighted by Gasteiger charge is -2.20. The number of benzene rings is 1. The van der Waals surface area contributed by atoms with Crippen LogP contribution < -0.4 is 0 Å². The smallest absolute Gasteiger partial charge is 0.172 e. The van der Waals surface area contributed by atoms with Crippen molar-refractivity contribution < 1.29 is 4.79 Å². The van der Waals surface area contributed by atoms with Crippen molar-refractivity contribution in [1.82, 2.24) is 19.4 Å². The van der Waals surface area contributed by atoms with Gasteiger partial charge in [0.25, 0.3) is 0 Å². The number of hydrogen-bond acceptors (Lipinski definition) is 6. The minimum atomic E-state index is -0.267. The van der Waals surface area contributed by atoms with Crippen LogP contribution >= 0.6 is 48.0 Å². The van der Waals surface area contributed by atoms with Crippen LogP contribution in [0, 0.1) is 5.92 Å². The van der Waals surface area contributed by atoms with E-state index < -0.39 is 0 Å². The average molecular weight is 503 g/mol. The Morgan fingerprint density at radius 1 is 0.938 bits per heavy atom. The number of fused-ring (bicyclic) bond motifs is 1. The number of nitrogens with zero attached hydrogens (tertiary/aromatic N) is 4. The van der Waals surface area contributed by atoms with E-state index in [-0.39, 0.29) is 11.7 Å². The molecular formula is C23H26N4OS4. The summed E-state index contributed by atoms with van der Waals surface area (Å²) < 4.78 is 3.29. The van der Waals surface area contributed by atoms with Gasteiger partial charge in [0, 0.05) is 57.4 Å². The Morgan fingerprint density at radius 3 is 2.06 bits per heavy atom. The molecule has 0 amide bonds. The first kappa shape index (κ1) is 24.7. The Bertz CT molecular complexity index is 1090. The molecule has 0 bridgehead atoms. The van der Waals surface area contributed by atoms with Crippen molar-refractivity contribution in [2.75, 3.05) is 39.7 Å². The SMILES string of the molecule is CN(C)C(=S)SCC(CSC(=S)N(C)C)C(=O)c1c(-c2ccccc2)nn2ccccc12. The Morgan fingerprint density at radius 2 is 1.50 bits per heavy atom. The van der Waals surface area contributed by atoms with E-state index in [1.165, 1.54) is 23.5 Å². The van der Waals surface area contributed by atoms with Crippen LogP contribution in [0.2, 0.25) is 0 Å².